The zero-order valence-corrected chi connectivity index (χ0v) is 8.67. The van der Waals surface area contributed by atoms with Crippen molar-refractivity contribution in [3.63, 3.8) is 0 Å². The van der Waals surface area contributed by atoms with E-state index in [1.165, 1.54) is 0 Å². The molecule has 0 aromatic carbocycles. The fourth-order valence-corrected chi connectivity index (χ4v) is 0.662. The predicted octanol–water partition coefficient (Wildman–Crippen LogP) is 0.193. The minimum atomic E-state index is -0.163. The van der Waals surface area contributed by atoms with Gasteiger partial charge in [0.25, 0.3) is 0 Å². The van der Waals surface area contributed by atoms with Crippen LogP contribution in [-0.4, -0.2) is 25.6 Å². The summed E-state index contributed by atoms with van der Waals surface area (Å²) < 4.78 is 0. The van der Waals surface area contributed by atoms with E-state index in [-0.39, 0.29) is 12.5 Å². The van der Waals surface area contributed by atoms with Crippen molar-refractivity contribution in [2.75, 3.05) is 19.7 Å². The third kappa shape index (κ3) is 8.97. The second-order valence-electron chi connectivity index (χ2n) is 3.28. The molecule has 0 fully saturated rings. The largest absolute Gasteiger partial charge is 0.354 e. The van der Waals surface area contributed by atoms with Crippen molar-refractivity contribution < 1.29 is 9.63 Å². The van der Waals surface area contributed by atoms with Crippen LogP contribution in [0, 0.1) is 17.2 Å². The molecular weight excluding hydrogens is 182 g/mol. The Bertz CT molecular complexity index is 199. The second-order valence-corrected chi connectivity index (χ2v) is 3.28. The first-order valence-electron chi connectivity index (χ1n) is 4.65. The summed E-state index contributed by atoms with van der Waals surface area (Å²) in [5.41, 5.74) is 2.55. The standard InChI is InChI=1S/C9H17N3O2/c1-8(2)7-14-12-6-9(13)11-5-3-4-10/h8,12H,3,5-7H2,1-2H3,(H,11,13). The van der Waals surface area contributed by atoms with Gasteiger partial charge in [0, 0.05) is 6.54 Å². The minimum absolute atomic E-state index is 0.123. The number of carbonyl (C=O) groups is 1. The Labute approximate surface area is 84.4 Å². The Hall–Kier alpha value is -1.12. The zero-order valence-electron chi connectivity index (χ0n) is 8.67. The maximum Gasteiger partial charge on any atom is 0.236 e. The van der Waals surface area contributed by atoms with Crippen molar-refractivity contribution in [2.45, 2.75) is 20.3 Å². The predicted molar refractivity (Wildman–Crippen MR) is 52.0 cm³/mol. The Morgan fingerprint density at radius 2 is 2.29 bits per heavy atom. The van der Waals surface area contributed by atoms with E-state index in [1.54, 1.807) is 0 Å². The van der Waals surface area contributed by atoms with Crippen LogP contribution in [0.1, 0.15) is 20.3 Å². The number of rotatable bonds is 7. The third-order valence-electron chi connectivity index (χ3n) is 1.31. The summed E-state index contributed by atoms with van der Waals surface area (Å²) in [5.74, 6) is 0.271. The van der Waals surface area contributed by atoms with Crippen molar-refractivity contribution in [1.82, 2.24) is 10.8 Å². The van der Waals surface area contributed by atoms with Gasteiger partial charge in [0.05, 0.1) is 25.6 Å². The van der Waals surface area contributed by atoms with Crippen LogP contribution in [0.5, 0.6) is 0 Å². The average molecular weight is 199 g/mol. The van der Waals surface area contributed by atoms with E-state index < -0.39 is 0 Å². The highest BCUT2D eigenvalue weighted by Crippen LogP contribution is 1.88. The molecule has 0 aliphatic carbocycles. The first-order valence-corrected chi connectivity index (χ1v) is 4.65. The van der Waals surface area contributed by atoms with E-state index in [0.717, 1.165) is 0 Å². The minimum Gasteiger partial charge on any atom is -0.354 e. The number of hydrogen-bond acceptors (Lipinski definition) is 4. The van der Waals surface area contributed by atoms with Crippen molar-refractivity contribution in [3.8, 4) is 6.07 Å². The van der Waals surface area contributed by atoms with E-state index in [2.05, 4.69) is 10.8 Å². The molecule has 0 atom stereocenters. The normalized spacial score (nSPS) is 9.86. The molecule has 5 heteroatoms. The summed E-state index contributed by atoms with van der Waals surface area (Å²) in [5, 5.41) is 10.8. The number of hydrogen-bond donors (Lipinski definition) is 2. The van der Waals surface area contributed by atoms with Gasteiger partial charge >= 0.3 is 0 Å². The third-order valence-corrected chi connectivity index (χ3v) is 1.31. The lowest BCUT2D eigenvalue weighted by molar-refractivity contribution is -0.123. The highest BCUT2D eigenvalue weighted by atomic mass is 16.6. The molecule has 0 bridgehead atoms. The van der Waals surface area contributed by atoms with Crippen LogP contribution < -0.4 is 10.8 Å². The quantitative estimate of drug-likeness (QED) is 0.453. The summed E-state index contributed by atoms with van der Waals surface area (Å²) >= 11 is 0. The smallest absolute Gasteiger partial charge is 0.236 e. The van der Waals surface area contributed by atoms with Gasteiger partial charge in [0.1, 0.15) is 0 Å². The van der Waals surface area contributed by atoms with Gasteiger partial charge in [-0.25, -0.2) is 0 Å². The molecule has 0 saturated heterocycles. The van der Waals surface area contributed by atoms with Crippen LogP contribution in [0.4, 0.5) is 0 Å². The lowest BCUT2D eigenvalue weighted by Gasteiger charge is -2.07. The average Bonchev–Trinajstić information content (AvgIpc) is 2.13. The molecule has 80 valence electrons. The molecule has 0 spiro atoms. The number of hydroxylamine groups is 1. The lowest BCUT2D eigenvalue weighted by atomic mass is 10.2. The molecule has 0 aromatic rings. The number of amides is 1. The summed E-state index contributed by atoms with van der Waals surface area (Å²) in [6, 6.07) is 1.94. The van der Waals surface area contributed by atoms with Crippen LogP contribution >= 0.6 is 0 Å². The van der Waals surface area contributed by atoms with Crippen LogP contribution in [0.2, 0.25) is 0 Å². The highest BCUT2D eigenvalue weighted by Gasteiger charge is 1.99. The van der Waals surface area contributed by atoms with E-state index in [1.807, 2.05) is 19.9 Å². The van der Waals surface area contributed by atoms with Gasteiger partial charge in [-0.3, -0.25) is 4.79 Å². The van der Waals surface area contributed by atoms with E-state index in [9.17, 15) is 4.79 Å². The Kier molecular flexibility index (Phi) is 7.80. The molecule has 1 amide bonds. The van der Waals surface area contributed by atoms with Gasteiger partial charge in [-0.05, 0) is 5.92 Å². The first kappa shape index (κ1) is 12.9. The van der Waals surface area contributed by atoms with Crippen LogP contribution in [-0.2, 0) is 9.63 Å². The number of nitriles is 1. The molecule has 0 unspecified atom stereocenters. The lowest BCUT2D eigenvalue weighted by Crippen LogP contribution is -2.34. The molecule has 0 aromatic heterocycles. The van der Waals surface area contributed by atoms with Gasteiger partial charge in [-0.15, -0.1) is 0 Å². The molecule has 0 radical (unpaired) electrons. The number of nitrogens with zero attached hydrogens (tertiary/aromatic N) is 1. The molecule has 2 N–H and O–H groups in total. The Balaban J connectivity index is 3.23. The van der Waals surface area contributed by atoms with Crippen LogP contribution in [0.25, 0.3) is 0 Å². The molecule has 0 aliphatic rings. The van der Waals surface area contributed by atoms with Gasteiger partial charge in [0.2, 0.25) is 5.91 Å². The van der Waals surface area contributed by atoms with Crippen LogP contribution in [0.3, 0.4) is 0 Å². The molecule has 5 nitrogen and oxygen atoms in total. The Morgan fingerprint density at radius 3 is 2.86 bits per heavy atom. The van der Waals surface area contributed by atoms with E-state index in [4.69, 9.17) is 10.1 Å². The number of carbonyl (C=O) groups excluding carboxylic acids is 1. The first-order chi connectivity index (χ1) is 6.66. The molecule has 0 saturated carbocycles. The van der Waals surface area contributed by atoms with Crippen molar-refractivity contribution >= 4 is 5.91 Å². The fraction of sp³-hybridized carbons (Fsp3) is 0.778. The second kappa shape index (κ2) is 8.48. The monoisotopic (exact) mass is 199 g/mol. The maximum absolute atomic E-state index is 11.0. The van der Waals surface area contributed by atoms with Gasteiger partial charge in [-0.2, -0.15) is 10.7 Å². The van der Waals surface area contributed by atoms with E-state index in [0.29, 0.717) is 25.5 Å². The van der Waals surface area contributed by atoms with Crippen molar-refractivity contribution in [2.24, 2.45) is 5.92 Å². The summed E-state index contributed by atoms with van der Waals surface area (Å²) in [7, 11) is 0. The van der Waals surface area contributed by atoms with Crippen LogP contribution in [0.15, 0.2) is 0 Å². The summed E-state index contributed by atoms with van der Waals surface area (Å²) in [4.78, 5) is 16.0. The molecular formula is C9H17N3O2. The van der Waals surface area contributed by atoms with E-state index >= 15 is 0 Å². The number of nitrogens with one attached hydrogen (secondary N) is 2. The van der Waals surface area contributed by atoms with Gasteiger partial charge in [0.15, 0.2) is 0 Å². The SMILES string of the molecule is CC(C)CONCC(=O)NCCC#N. The van der Waals surface area contributed by atoms with Gasteiger partial charge < -0.3 is 10.2 Å². The van der Waals surface area contributed by atoms with Gasteiger partial charge in [-0.1, -0.05) is 13.8 Å². The highest BCUT2D eigenvalue weighted by molar-refractivity contribution is 5.77. The fourth-order valence-electron chi connectivity index (χ4n) is 0.662. The molecule has 0 aliphatic heterocycles. The van der Waals surface area contributed by atoms with Crippen molar-refractivity contribution in [3.05, 3.63) is 0 Å². The molecule has 0 heterocycles. The topological polar surface area (TPSA) is 74.2 Å². The zero-order chi connectivity index (χ0) is 10.8. The van der Waals surface area contributed by atoms with Crippen molar-refractivity contribution in [1.29, 1.82) is 5.26 Å². The molecule has 0 rings (SSSR count). The summed E-state index contributed by atoms with van der Waals surface area (Å²) in [6.07, 6.45) is 0.332. The molecule has 14 heavy (non-hydrogen) atoms. The summed E-state index contributed by atoms with van der Waals surface area (Å²) in [6.45, 7) is 5.13. The Morgan fingerprint density at radius 1 is 1.57 bits per heavy atom. The maximum atomic E-state index is 11.0.